The Hall–Kier alpha value is -2.29. The summed E-state index contributed by atoms with van der Waals surface area (Å²) >= 11 is 0. The molecule has 0 radical (unpaired) electrons. The summed E-state index contributed by atoms with van der Waals surface area (Å²) in [5.74, 6) is 0. The van der Waals surface area contributed by atoms with Gasteiger partial charge < -0.3 is 9.64 Å². The number of carbonyl (C=O) groups is 1. The standard InChI is InChI=1S/C21H25NO2/c1-21(2,3)24-20(23)22-14-13-17-11-7-8-12-18(17)19(22)15-16-9-5-4-6-10-16/h4-12,19H,13-15H2,1-3H3. The fraction of sp³-hybridized carbons (Fsp3) is 0.381. The van der Waals surface area contributed by atoms with E-state index in [4.69, 9.17) is 4.74 Å². The van der Waals surface area contributed by atoms with E-state index in [2.05, 4.69) is 36.4 Å². The van der Waals surface area contributed by atoms with Crippen molar-refractivity contribution in [2.75, 3.05) is 6.54 Å². The van der Waals surface area contributed by atoms with Crippen LogP contribution < -0.4 is 0 Å². The normalized spacial score (nSPS) is 17.3. The molecule has 0 spiro atoms. The number of hydrogen-bond acceptors (Lipinski definition) is 2. The van der Waals surface area contributed by atoms with Crippen molar-refractivity contribution in [3.63, 3.8) is 0 Å². The number of carbonyl (C=O) groups excluding carboxylic acids is 1. The predicted octanol–water partition coefficient (Wildman–Crippen LogP) is 4.76. The molecular formula is C21H25NO2. The van der Waals surface area contributed by atoms with Gasteiger partial charge in [-0.25, -0.2) is 4.79 Å². The van der Waals surface area contributed by atoms with Crippen LogP contribution in [0.25, 0.3) is 0 Å². The van der Waals surface area contributed by atoms with Crippen LogP contribution in [-0.4, -0.2) is 23.1 Å². The summed E-state index contributed by atoms with van der Waals surface area (Å²) in [6.45, 7) is 6.43. The van der Waals surface area contributed by atoms with E-state index in [9.17, 15) is 4.79 Å². The third-order valence-corrected chi connectivity index (χ3v) is 4.31. The van der Waals surface area contributed by atoms with Crippen molar-refractivity contribution in [3.8, 4) is 0 Å². The Morgan fingerprint density at radius 1 is 1.08 bits per heavy atom. The van der Waals surface area contributed by atoms with Crippen LogP contribution in [0.15, 0.2) is 54.6 Å². The van der Waals surface area contributed by atoms with Crippen LogP contribution in [0.4, 0.5) is 4.79 Å². The van der Waals surface area contributed by atoms with Gasteiger partial charge in [0.1, 0.15) is 5.60 Å². The summed E-state index contributed by atoms with van der Waals surface area (Å²) in [6.07, 6.45) is 1.45. The van der Waals surface area contributed by atoms with Crippen molar-refractivity contribution in [3.05, 3.63) is 71.3 Å². The highest BCUT2D eigenvalue weighted by Crippen LogP contribution is 2.33. The Balaban J connectivity index is 1.91. The summed E-state index contributed by atoms with van der Waals surface area (Å²) in [5, 5.41) is 0. The molecule has 0 saturated carbocycles. The Morgan fingerprint density at radius 2 is 1.75 bits per heavy atom. The van der Waals surface area contributed by atoms with E-state index in [0.29, 0.717) is 6.54 Å². The summed E-state index contributed by atoms with van der Waals surface area (Å²) in [5.41, 5.74) is 3.31. The molecule has 2 aromatic carbocycles. The predicted molar refractivity (Wildman–Crippen MR) is 96.0 cm³/mol. The highest BCUT2D eigenvalue weighted by atomic mass is 16.6. The smallest absolute Gasteiger partial charge is 0.410 e. The summed E-state index contributed by atoms with van der Waals surface area (Å²) < 4.78 is 5.65. The summed E-state index contributed by atoms with van der Waals surface area (Å²) in [7, 11) is 0. The van der Waals surface area contributed by atoms with E-state index >= 15 is 0 Å². The van der Waals surface area contributed by atoms with Crippen molar-refractivity contribution in [1.29, 1.82) is 0 Å². The first-order chi connectivity index (χ1) is 11.4. The molecule has 0 bridgehead atoms. The lowest BCUT2D eigenvalue weighted by Crippen LogP contribution is -2.43. The Labute approximate surface area is 144 Å². The average Bonchev–Trinajstić information content (AvgIpc) is 2.54. The summed E-state index contributed by atoms with van der Waals surface area (Å²) in [4.78, 5) is 14.6. The second-order valence-electron chi connectivity index (χ2n) is 7.33. The van der Waals surface area contributed by atoms with E-state index < -0.39 is 5.60 Å². The second kappa shape index (κ2) is 6.68. The second-order valence-corrected chi connectivity index (χ2v) is 7.33. The molecule has 3 nitrogen and oxygen atoms in total. The molecule has 3 heteroatoms. The molecule has 1 aliphatic heterocycles. The lowest BCUT2D eigenvalue weighted by atomic mass is 9.89. The fourth-order valence-electron chi connectivity index (χ4n) is 3.25. The van der Waals surface area contributed by atoms with Crippen LogP contribution in [0.3, 0.4) is 0 Å². The number of nitrogens with zero attached hydrogens (tertiary/aromatic N) is 1. The fourth-order valence-corrected chi connectivity index (χ4v) is 3.25. The maximum Gasteiger partial charge on any atom is 0.410 e. The molecule has 2 aromatic rings. The Bertz CT molecular complexity index is 703. The molecular weight excluding hydrogens is 298 g/mol. The maximum atomic E-state index is 12.7. The van der Waals surface area contributed by atoms with Crippen molar-refractivity contribution < 1.29 is 9.53 Å². The number of rotatable bonds is 2. The number of amides is 1. The van der Waals surface area contributed by atoms with Crippen molar-refractivity contribution in [2.24, 2.45) is 0 Å². The number of ether oxygens (including phenoxy) is 1. The van der Waals surface area contributed by atoms with Crippen LogP contribution in [0.5, 0.6) is 0 Å². The van der Waals surface area contributed by atoms with Gasteiger partial charge in [-0.3, -0.25) is 0 Å². The molecule has 1 unspecified atom stereocenters. The molecule has 1 aliphatic rings. The molecule has 0 aliphatic carbocycles. The van der Waals surface area contributed by atoms with Crippen LogP contribution in [0.1, 0.15) is 43.5 Å². The third-order valence-electron chi connectivity index (χ3n) is 4.31. The van der Waals surface area contributed by atoms with Gasteiger partial charge in [0.15, 0.2) is 0 Å². The average molecular weight is 323 g/mol. The molecule has 0 aromatic heterocycles. The summed E-state index contributed by atoms with van der Waals surface area (Å²) in [6, 6.07) is 18.8. The third kappa shape index (κ3) is 3.78. The number of hydrogen-bond donors (Lipinski definition) is 0. The van der Waals surface area contributed by atoms with Gasteiger partial charge in [-0.15, -0.1) is 0 Å². The van der Waals surface area contributed by atoms with Gasteiger partial charge in [0, 0.05) is 6.54 Å². The van der Waals surface area contributed by atoms with Crippen LogP contribution in [0, 0.1) is 0 Å². The highest BCUT2D eigenvalue weighted by Gasteiger charge is 2.33. The van der Waals surface area contributed by atoms with E-state index in [1.54, 1.807) is 0 Å². The number of benzene rings is 2. The van der Waals surface area contributed by atoms with E-state index in [0.717, 1.165) is 12.8 Å². The molecule has 0 N–H and O–H groups in total. The van der Waals surface area contributed by atoms with Crippen molar-refractivity contribution >= 4 is 6.09 Å². The van der Waals surface area contributed by atoms with E-state index in [1.807, 2.05) is 43.9 Å². The largest absolute Gasteiger partial charge is 0.444 e. The van der Waals surface area contributed by atoms with Gasteiger partial charge >= 0.3 is 6.09 Å². The topological polar surface area (TPSA) is 29.5 Å². The molecule has 126 valence electrons. The van der Waals surface area contributed by atoms with Crippen LogP contribution in [-0.2, 0) is 17.6 Å². The highest BCUT2D eigenvalue weighted by molar-refractivity contribution is 5.69. The maximum absolute atomic E-state index is 12.7. The Morgan fingerprint density at radius 3 is 2.46 bits per heavy atom. The zero-order valence-electron chi connectivity index (χ0n) is 14.7. The number of fused-ring (bicyclic) bond motifs is 1. The minimum Gasteiger partial charge on any atom is -0.444 e. The lowest BCUT2D eigenvalue weighted by Gasteiger charge is -2.38. The quantitative estimate of drug-likeness (QED) is 0.797. The first-order valence-corrected chi connectivity index (χ1v) is 8.55. The SMILES string of the molecule is CC(C)(C)OC(=O)N1CCc2ccccc2C1Cc1ccccc1. The van der Waals surface area contributed by atoms with Gasteiger partial charge in [-0.2, -0.15) is 0 Å². The monoisotopic (exact) mass is 323 g/mol. The van der Waals surface area contributed by atoms with Crippen LogP contribution in [0.2, 0.25) is 0 Å². The molecule has 0 fully saturated rings. The first kappa shape index (κ1) is 16.6. The van der Waals surface area contributed by atoms with Gasteiger partial charge in [0.25, 0.3) is 0 Å². The van der Waals surface area contributed by atoms with Gasteiger partial charge in [-0.05, 0) is 50.3 Å². The Kier molecular flexibility index (Phi) is 4.61. The van der Waals surface area contributed by atoms with Crippen LogP contribution >= 0.6 is 0 Å². The molecule has 1 amide bonds. The lowest BCUT2D eigenvalue weighted by molar-refractivity contribution is 0.0141. The van der Waals surface area contributed by atoms with E-state index in [1.165, 1.54) is 16.7 Å². The molecule has 0 saturated heterocycles. The van der Waals surface area contributed by atoms with Crippen molar-refractivity contribution in [2.45, 2.75) is 45.3 Å². The molecule has 1 heterocycles. The van der Waals surface area contributed by atoms with Gasteiger partial charge in [0.2, 0.25) is 0 Å². The minimum absolute atomic E-state index is 0.0206. The zero-order chi connectivity index (χ0) is 17.2. The van der Waals surface area contributed by atoms with Gasteiger partial charge in [0.05, 0.1) is 6.04 Å². The molecule has 1 atom stereocenters. The first-order valence-electron chi connectivity index (χ1n) is 8.55. The van der Waals surface area contributed by atoms with Gasteiger partial charge in [-0.1, -0.05) is 54.6 Å². The molecule has 24 heavy (non-hydrogen) atoms. The zero-order valence-corrected chi connectivity index (χ0v) is 14.7. The molecule has 3 rings (SSSR count). The van der Waals surface area contributed by atoms with E-state index in [-0.39, 0.29) is 12.1 Å². The van der Waals surface area contributed by atoms with Crippen molar-refractivity contribution in [1.82, 2.24) is 4.90 Å². The minimum atomic E-state index is -0.481.